The van der Waals surface area contributed by atoms with Gasteiger partial charge in [-0.15, -0.1) is 11.3 Å². The Morgan fingerprint density at radius 1 is 0.786 bits per heavy atom. The Labute approximate surface area is 169 Å². The minimum atomic E-state index is -0.260. The van der Waals surface area contributed by atoms with Crippen molar-refractivity contribution >= 4 is 17.1 Å². The maximum absolute atomic E-state index is 13.2. The molecule has 0 saturated heterocycles. The number of aromatic nitrogens is 1. The summed E-state index contributed by atoms with van der Waals surface area (Å²) in [4.78, 5) is 19.0. The van der Waals surface area contributed by atoms with Crippen molar-refractivity contribution in [3.8, 4) is 0 Å². The van der Waals surface area contributed by atoms with Crippen LogP contribution in [0.25, 0.3) is 0 Å². The molecule has 0 amide bonds. The highest BCUT2D eigenvalue weighted by Gasteiger charge is 2.23. The largest absolute Gasteiger partial charge is 0.298 e. The van der Waals surface area contributed by atoms with Gasteiger partial charge in [0, 0.05) is 17.5 Å². The zero-order valence-electron chi connectivity index (χ0n) is 15.5. The van der Waals surface area contributed by atoms with Gasteiger partial charge in [-0.1, -0.05) is 91.0 Å². The molecule has 138 valence electrons. The van der Waals surface area contributed by atoms with Gasteiger partial charge in [0.25, 0.3) is 0 Å². The molecule has 3 aromatic carbocycles. The summed E-state index contributed by atoms with van der Waals surface area (Å²) in [5.74, 6) is -0.0816. The third kappa shape index (κ3) is 4.44. The van der Waals surface area contributed by atoms with E-state index in [2.05, 4.69) is 17.1 Å². The van der Waals surface area contributed by atoms with Crippen LogP contribution in [0.15, 0.2) is 97.2 Å². The quantitative estimate of drug-likeness (QED) is 0.411. The predicted octanol–water partition coefficient (Wildman–Crippen LogP) is 5.68. The number of nitrogens with zero attached hydrogens (tertiary/aromatic N) is 1. The van der Waals surface area contributed by atoms with E-state index in [9.17, 15) is 4.79 Å². The molecular weight excluding hydrogens is 362 g/mol. The fourth-order valence-corrected chi connectivity index (χ4v) is 4.38. The summed E-state index contributed by atoms with van der Waals surface area (Å²) in [5, 5.41) is 0.882. The van der Waals surface area contributed by atoms with Gasteiger partial charge in [0.05, 0.1) is 12.3 Å². The number of benzene rings is 3. The zero-order chi connectivity index (χ0) is 19.2. The summed E-state index contributed by atoms with van der Waals surface area (Å²) < 4.78 is 0. The van der Waals surface area contributed by atoms with Crippen LogP contribution in [0.1, 0.15) is 32.5 Å². The zero-order valence-corrected chi connectivity index (χ0v) is 16.3. The average molecular weight is 384 g/mol. The smallest absolute Gasteiger partial charge is 0.151 e. The maximum Gasteiger partial charge on any atom is 0.151 e. The molecule has 0 aliphatic rings. The van der Waals surface area contributed by atoms with Crippen LogP contribution < -0.4 is 0 Å². The van der Waals surface area contributed by atoms with E-state index in [-0.39, 0.29) is 11.7 Å². The van der Waals surface area contributed by atoms with Gasteiger partial charge in [0.1, 0.15) is 5.01 Å². The van der Waals surface area contributed by atoms with Gasteiger partial charge < -0.3 is 0 Å². The van der Waals surface area contributed by atoms with Crippen molar-refractivity contribution in [1.29, 1.82) is 0 Å². The Balaban J connectivity index is 1.54. The standard InChI is InChI=1S/C25H21NOS/c27-23(17-24-26-18-22(28-24)16-19-10-4-1-5-11-19)25(20-12-6-2-7-13-20)21-14-8-3-9-15-21/h1-15,18,25H,16-17H2. The van der Waals surface area contributed by atoms with Gasteiger partial charge in [0.2, 0.25) is 0 Å². The van der Waals surface area contributed by atoms with Crippen molar-refractivity contribution in [3.63, 3.8) is 0 Å². The third-order valence-corrected chi connectivity index (χ3v) is 5.73. The van der Waals surface area contributed by atoms with Gasteiger partial charge in [-0.3, -0.25) is 4.79 Å². The molecule has 0 bridgehead atoms. The third-order valence-electron chi connectivity index (χ3n) is 4.74. The Kier molecular flexibility index (Phi) is 5.74. The number of carbonyl (C=O) groups excluding carboxylic acids is 1. The topological polar surface area (TPSA) is 30.0 Å². The van der Waals surface area contributed by atoms with Crippen molar-refractivity contribution in [2.75, 3.05) is 0 Å². The van der Waals surface area contributed by atoms with Crippen LogP contribution in [0.5, 0.6) is 0 Å². The average Bonchev–Trinajstić information content (AvgIpc) is 3.17. The van der Waals surface area contributed by atoms with Crippen molar-refractivity contribution in [2.45, 2.75) is 18.8 Å². The molecule has 0 aliphatic carbocycles. The van der Waals surface area contributed by atoms with E-state index in [1.54, 1.807) is 11.3 Å². The summed E-state index contributed by atoms with van der Waals surface area (Å²) in [6.07, 6.45) is 3.11. The lowest BCUT2D eigenvalue weighted by atomic mass is 9.86. The van der Waals surface area contributed by atoms with Gasteiger partial charge in [0.15, 0.2) is 5.78 Å². The molecule has 0 aliphatic heterocycles. The van der Waals surface area contributed by atoms with Crippen molar-refractivity contribution in [2.24, 2.45) is 0 Å². The summed E-state index contributed by atoms with van der Waals surface area (Å²) in [5.41, 5.74) is 3.31. The molecule has 4 rings (SSSR count). The van der Waals surface area contributed by atoms with Crippen LogP contribution in [-0.2, 0) is 17.6 Å². The second-order valence-corrected chi connectivity index (χ2v) is 7.98. The number of carbonyl (C=O) groups is 1. The van der Waals surface area contributed by atoms with Crippen LogP contribution >= 0.6 is 11.3 Å². The maximum atomic E-state index is 13.2. The van der Waals surface area contributed by atoms with Crippen LogP contribution in [0.3, 0.4) is 0 Å². The molecule has 1 aromatic heterocycles. The van der Waals surface area contributed by atoms with Crippen molar-refractivity contribution < 1.29 is 4.79 Å². The molecular formula is C25H21NOS. The lowest BCUT2D eigenvalue weighted by Crippen LogP contribution is -2.16. The number of thiazole rings is 1. The molecule has 0 atom stereocenters. The molecule has 0 unspecified atom stereocenters. The SMILES string of the molecule is O=C(Cc1ncc(Cc2ccccc2)s1)C(c1ccccc1)c1ccccc1. The molecule has 4 aromatic rings. The first-order valence-corrected chi connectivity index (χ1v) is 10.2. The molecule has 0 radical (unpaired) electrons. The van der Waals surface area contributed by atoms with E-state index in [1.807, 2.05) is 85.1 Å². The first kappa shape index (κ1) is 18.3. The van der Waals surface area contributed by atoms with E-state index in [1.165, 1.54) is 10.4 Å². The number of Topliss-reactive ketones (excluding diaryl/α,β-unsaturated/α-hetero) is 1. The van der Waals surface area contributed by atoms with Gasteiger partial charge in [-0.25, -0.2) is 4.98 Å². The van der Waals surface area contributed by atoms with Crippen LogP contribution in [0, 0.1) is 0 Å². The molecule has 1 heterocycles. The number of hydrogen-bond donors (Lipinski definition) is 0. The lowest BCUT2D eigenvalue weighted by molar-refractivity contribution is -0.119. The molecule has 0 saturated carbocycles. The Morgan fingerprint density at radius 2 is 1.32 bits per heavy atom. The number of ketones is 1. The summed E-state index contributed by atoms with van der Waals surface area (Å²) in [7, 11) is 0. The van der Waals surface area contributed by atoms with E-state index < -0.39 is 0 Å². The van der Waals surface area contributed by atoms with Crippen molar-refractivity contribution in [1.82, 2.24) is 4.98 Å². The first-order chi connectivity index (χ1) is 13.8. The Bertz CT molecular complexity index is 986. The van der Waals surface area contributed by atoms with Gasteiger partial charge in [-0.05, 0) is 16.7 Å². The van der Waals surface area contributed by atoms with Gasteiger partial charge in [-0.2, -0.15) is 0 Å². The molecule has 0 N–H and O–H groups in total. The number of hydrogen-bond acceptors (Lipinski definition) is 3. The Morgan fingerprint density at radius 3 is 1.89 bits per heavy atom. The highest BCUT2D eigenvalue weighted by Crippen LogP contribution is 2.28. The molecule has 0 spiro atoms. The molecule has 28 heavy (non-hydrogen) atoms. The normalized spacial score (nSPS) is 10.9. The van der Waals surface area contributed by atoms with Crippen LogP contribution in [0.2, 0.25) is 0 Å². The highest BCUT2D eigenvalue weighted by molar-refractivity contribution is 7.11. The number of rotatable bonds is 7. The monoisotopic (exact) mass is 383 g/mol. The van der Waals surface area contributed by atoms with Crippen LogP contribution in [0.4, 0.5) is 0 Å². The minimum absolute atomic E-state index is 0.179. The molecule has 2 nitrogen and oxygen atoms in total. The van der Waals surface area contributed by atoms with E-state index >= 15 is 0 Å². The summed E-state index contributed by atoms with van der Waals surface area (Å²) in [6.45, 7) is 0. The highest BCUT2D eigenvalue weighted by atomic mass is 32.1. The minimum Gasteiger partial charge on any atom is -0.298 e. The first-order valence-electron chi connectivity index (χ1n) is 9.40. The summed E-state index contributed by atoms with van der Waals surface area (Å²) in [6, 6.07) is 30.4. The predicted molar refractivity (Wildman–Crippen MR) is 115 cm³/mol. The molecule has 0 fully saturated rings. The van der Waals surface area contributed by atoms with Crippen LogP contribution in [-0.4, -0.2) is 10.8 Å². The fraction of sp³-hybridized carbons (Fsp3) is 0.120. The second kappa shape index (κ2) is 8.77. The van der Waals surface area contributed by atoms with E-state index in [0.717, 1.165) is 22.6 Å². The van der Waals surface area contributed by atoms with Gasteiger partial charge >= 0.3 is 0 Å². The lowest BCUT2D eigenvalue weighted by Gasteiger charge is -2.16. The fourth-order valence-electron chi connectivity index (χ4n) is 3.41. The van der Waals surface area contributed by atoms with E-state index in [0.29, 0.717) is 6.42 Å². The van der Waals surface area contributed by atoms with Crippen molar-refractivity contribution in [3.05, 3.63) is 124 Å². The summed E-state index contributed by atoms with van der Waals surface area (Å²) >= 11 is 1.63. The molecule has 3 heteroatoms. The Hall–Kier alpha value is -3.04. The second-order valence-electron chi connectivity index (χ2n) is 6.78. The van der Waals surface area contributed by atoms with E-state index in [4.69, 9.17) is 0 Å².